The zero-order valence-corrected chi connectivity index (χ0v) is 17.7. The first-order chi connectivity index (χ1) is 13.7. The van der Waals surface area contributed by atoms with Crippen LogP contribution in [0.15, 0.2) is 52.2 Å². The fraction of sp³-hybridized carbons (Fsp3) is 0.318. The van der Waals surface area contributed by atoms with Crippen molar-refractivity contribution in [1.29, 1.82) is 0 Å². The smallest absolute Gasteiger partial charge is 0.252 e. The van der Waals surface area contributed by atoms with E-state index in [0.29, 0.717) is 5.56 Å². The number of nitrogens with zero attached hydrogens (tertiary/aromatic N) is 1. The number of aromatic nitrogens is 1. The molecule has 0 saturated carbocycles. The third-order valence-corrected chi connectivity index (χ3v) is 6.97. The van der Waals surface area contributed by atoms with Crippen molar-refractivity contribution in [3.05, 3.63) is 75.1 Å². The molecule has 7 heteroatoms. The maximum Gasteiger partial charge on any atom is 0.252 e. The Bertz CT molecular complexity index is 1180. The van der Waals surface area contributed by atoms with Gasteiger partial charge in [0.1, 0.15) is 0 Å². The molecule has 0 unspecified atom stereocenters. The maximum absolute atomic E-state index is 13.2. The number of hydrogen-bond donors (Lipinski definition) is 2. The van der Waals surface area contributed by atoms with Crippen molar-refractivity contribution in [2.24, 2.45) is 0 Å². The lowest BCUT2D eigenvalue weighted by Crippen LogP contribution is -2.34. The van der Waals surface area contributed by atoms with E-state index in [0.717, 1.165) is 27.6 Å². The number of aliphatic hydroxyl groups excluding tert-OH is 1. The Morgan fingerprint density at radius 1 is 1.00 bits per heavy atom. The first kappa shape index (κ1) is 21.2. The summed E-state index contributed by atoms with van der Waals surface area (Å²) in [5, 5.41) is 10.1. The van der Waals surface area contributed by atoms with Gasteiger partial charge in [-0.25, -0.2) is 8.42 Å². The molecule has 0 aliphatic rings. The van der Waals surface area contributed by atoms with E-state index >= 15 is 0 Å². The molecule has 3 aromatic rings. The fourth-order valence-electron chi connectivity index (χ4n) is 3.22. The highest BCUT2D eigenvalue weighted by Crippen LogP contribution is 2.21. The SMILES string of the molecule is Cc1ccc(S(=O)(=O)N(CCCO)Cc2cc3cc(C)c(C)cc3[nH]c2=O)cc1. The molecule has 1 heterocycles. The van der Waals surface area contributed by atoms with Crippen LogP contribution in [0.3, 0.4) is 0 Å². The third-order valence-electron chi connectivity index (χ3n) is 5.11. The maximum atomic E-state index is 13.2. The van der Waals surface area contributed by atoms with Gasteiger partial charge < -0.3 is 10.1 Å². The summed E-state index contributed by atoms with van der Waals surface area (Å²) in [6, 6.07) is 12.3. The summed E-state index contributed by atoms with van der Waals surface area (Å²) in [6.45, 7) is 5.79. The van der Waals surface area contributed by atoms with Gasteiger partial charge in [-0.3, -0.25) is 4.79 Å². The molecule has 0 spiro atoms. The van der Waals surface area contributed by atoms with Gasteiger partial charge in [0.2, 0.25) is 10.0 Å². The van der Waals surface area contributed by atoms with Gasteiger partial charge >= 0.3 is 0 Å². The zero-order chi connectivity index (χ0) is 21.2. The Kier molecular flexibility index (Phi) is 6.21. The lowest BCUT2D eigenvalue weighted by atomic mass is 10.0. The molecular formula is C22H26N2O4S. The summed E-state index contributed by atoms with van der Waals surface area (Å²) in [7, 11) is -3.80. The molecular weight excluding hydrogens is 388 g/mol. The van der Waals surface area contributed by atoms with Gasteiger partial charge in [-0.2, -0.15) is 4.31 Å². The van der Waals surface area contributed by atoms with Crippen LogP contribution in [0.5, 0.6) is 0 Å². The number of benzene rings is 2. The van der Waals surface area contributed by atoms with E-state index in [2.05, 4.69) is 4.98 Å². The van der Waals surface area contributed by atoms with Crippen LogP contribution in [0.4, 0.5) is 0 Å². The number of sulfonamides is 1. The second-order valence-corrected chi connectivity index (χ2v) is 9.31. The minimum absolute atomic E-state index is 0.0611. The van der Waals surface area contributed by atoms with E-state index in [1.165, 1.54) is 4.31 Å². The second kappa shape index (κ2) is 8.49. The number of fused-ring (bicyclic) bond motifs is 1. The Morgan fingerprint density at radius 2 is 1.66 bits per heavy atom. The molecule has 6 nitrogen and oxygen atoms in total. The van der Waals surface area contributed by atoms with E-state index in [-0.39, 0.29) is 36.6 Å². The normalized spacial score (nSPS) is 12.0. The van der Waals surface area contributed by atoms with E-state index in [1.807, 2.05) is 32.9 Å². The minimum Gasteiger partial charge on any atom is -0.396 e. The molecule has 1 aromatic heterocycles. The van der Waals surface area contributed by atoms with Gasteiger partial charge in [0, 0.05) is 30.8 Å². The largest absolute Gasteiger partial charge is 0.396 e. The lowest BCUT2D eigenvalue weighted by Gasteiger charge is -2.22. The molecule has 0 aliphatic heterocycles. The molecule has 0 atom stereocenters. The van der Waals surface area contributed by atoms with Crippen molar-refractivity contribution >= 4 is 20.9 Å². The molecule has 0 fully saturated rings. The quantitative estimate of drug-likeness (QED) is 0.622. The first-order valence-corrected chi connectivity index (χ1v) is 11.0. The molecule has 0 radical (unpaired) electrons. The first-order valence-electron chi connectivity index (χ1n) is 9.53. The lowest BCUT2D eigenvalue weighted by molar-refractivity contribution is 0.267. The number of aliphatic hydroxyl groups is 1. The van der Waals surface area contributed by atoms with Crippen molar-refractivity contribution < 1.29 is 13.5 Å². The fourth-order valence-corrected chi connectivity index (χ4v) is 4.68. The molecule has 0 amide bonds. The van der Waals surface area contributed by atoms with Crippen LogP contribution in [0.2, 0.25) is 0 Å². The van der Waals surface area contributed by atoms with Crippen LogP contribution in [0.25, 0.3) is 10.9 Å². The third kappa shape index (κ3) is 4.58. The molecule has 2 aromatic carbocycles. The van der Waals surface area contributed by atoms with Gasteiger partial charge in [-0.1, -0.05) is 17.7 Å². The average molecular weight is 415 g/mol. The monoisotopic (exact) mass is 414 g/mol. The van der Waals surface area contributed by atoms with Gasteiger partial charge in [-0.05, 0) is 74.0 Å². The standard InChI is InChI=1S/C22H26N2O4S/c1-15-5-7-20(8-6-15)29(27,28)24(9-4-10-25)14-19-13-18-11-16(2)17(3)12-21(18)23-22(19)26/h5-8,11-13,25H,4,9-10,14H2,1-3H3,(H,23,26). The van der Waals surface area contributed by atoms with Gasteiger partial charge in [0.05, 0.1) is 4.90 Å². The van der Waals surface area contributed by atoms with Crippen LogP contribution in [0, 0.1) is 20.8 Å². The topological polar surface area (TPSA) is 90.5 Å². The van der Waals surface area contributed by atoms with Gasteiger partial charge in [0.25, 0.3) is 5.56 Å². The molecule has 154 valence electrons. The van der Waals surface area contributed by atoms with Crippen LogP contribution in [-0.4, -0.2) is 36.0 Å². The zero-order valence-electron chi connectivity index (χ0n) is 16.9. The number of pyridine rings is 1. The van der Waals surface area contributed by atoms with E-state index in [9.17, 15) is 18.3 Å². The Labute approximate surface area is 170 Å². The minimum atomic E-state index is -3.80. The highest BCUT2D eigenvalue weighted by molar-refractivity contribution is 7.89. The Balaban J connectivity index is 2.02. The highest BCUT2D eigenvalue weighted by atomic mass is 32.2. The summed E-state index contributed by atoms with van der Waals surface area (Å²) in [4.78, 5) is 15.7. The highest BCUT2D eigenvalue weighted by Gasteiger charge is 2.25. The van der Waals surface area contributed by atoms with E-state index in [1.54, 1.807) is 30.3 Å². The summed E-state index contributed by atoms with van der Waals surface area (Å²) in [5.41, 5.74) is 3.92. The van der Waals surface area contributed by atoms with Crippen molar-refractivity contribution in [2.45, 2.75) is 38.6 Å². The molecule has 0 bridgehead atoms. The Hall–Kier alpha value is -2.48. The number of aryl methyl sites for hydroxylation is 3. The second-order valence-electron chi connectivity index (χ2n) is 7.38. The number of nitrogens with one attached hydrogen (secondary N) is 1. The average Bonchev–Trinajstić information content (AvgIpc) is 2.67. The van der Waals surface area contributed by atoms with Crippen molar-refractivity contribution in [3.63, 3.8) is 0 Å². The van der Waals surface area contributed by atoms with Crippen LogP contribution >= 0.6 is 0 Å². The summed E-state index contributed by atoms with van der Waals surface area (Å²) in [5.74, 6) is 0. The summed E-state index contributed by atoms with van der Waals surface area (Å²) >= 11 is 0. The van der Waals surface area contributed by atoms with Gasteiger partial charge in [-0.15, -0.1) is 0 Å². The predicted octanol–water partition coefficient (Wildman–Crippen LogP) is 3.03. The number of hydrogen-bond acceptors (Lipinski definition) is 4. The summed E-state index contributed by atoms with van der Waals surface area (Å²) in [6.07, 6.45) is 0.287. The number of H-pyrrole nitrogens is 1. The number of aromatic amines is 1. The van der Waals surface area contributed by atoms with Crippen LogP contribution < -0.4 is 5.56 Å². The molecule has 3 rings (SSSR count). The van der Waals surface area contributed by atoms with E-state index in [4.69, 9.17) is 0 Å². The van der Waals surface area contributed by atoms with Crippen molar-refractivity contribution in [3.8, 4) is 0 Å². The van der Waals surface area contributed by atoms with E-state index < -0.39 is 10.0 Å². The molecule has 0 saturated heterocycles. The van der Waals surface area contributed by atoms with Crippen LogP contribution in [-0.2, 0) is 16.6 Å². The summed E-state index contributed by atoms with van der Waals surface area (Å²) < 4.78 is 27.6. The predicted molar refractivity (Wildman–Crippen MR) is 115 cm³/mol. The Morgan fingerprint density at radius 3 is 2.31 bits per heavy atom. The molecule has 29 heavy (non-hydrogen) atoms. The van der Waals surface area contributed by atoms with Crippen molar-refractivity contribution in [1.82, 2.24) is 9.29 Å². The molecule has 0 aliphatic carbocycles. The van der Waals surface area contributed by atoms with Gasteiger partial charge in [0.15, 0.2) is 0 Å². The van der Waals surface area contributed by atoms with Crippen molar-refractivity contribution in [2.75, 3.05) is 13.2 Å². The molecule has 2 N–H and O–H groups in total. The number of rotatable bonds is 7. The van der Waals surface area contributed by atoms with Crippen LogP contribution in [0.1, 0.15) is 28.7 Å².